The van der Waals surface area contributed by atoms with Gasteiger partial charge in [0.1, 0.15) is 11.5 Å². The van der Waals surface area contributed by atoms with Crippen LogP contribution in [0.2, 0.25) is 0 Å². The van der Waals surface area contributed by atoms with E-state index in [9.17, 15) is 4.79 Å². The van der Waals surface area contributed by atoms with E-state index in [0.717, 1.165) is 12.1 Å². The fourth-order valence-electron chi connectivity index (χ4n) is 2.22. The number of hydrogen-bond donors (Lipinski definition) is 2. The van der Waals surface area contributed by atoms with E-state index in [1.807, 2.05) is 25.1 Å². The number of carbonyl (C=O) groups excluding carboxylic acids is 1. The van der Waals surface area contributed by atoms with Crippen molar-refractivity contribution in [1.29, 1.82) is 0 Å². The van der Waals surface area contributed by atoms with E-state index in [1.165, 1.54) is 11.8 Å². The van der Waals surface area contributed by atoms with Crippen molar-refractivity contribution in [3.8, 4) is 0 Å². The van der Waals surface area contributed by atoms with Crippen LogP contribution in [0.15, 0.2) is 36.7 Å². The number of anilines is 2. The van der Waals surface area contributed by atoms with Gasteiger partial charge in [0.25, 0.3) is 5.91 Å². The highest BCUT2D eigenvalue weighted by atomic mass is 16.1. The quantitative estimate of drug-likeness (QED) is 0.884. The molecule has 23 heavy (non-hydrogen) atoms. The summed E-state index contributed by atoms with van der Waals surface area (Å²) in [5, 5.41) is 6.07. The van der Waals surface area contributed by atoms with Gasteiger partial charge in [-0.1, -0.05) is 45.9 Å². The topological polar surface area (TPSA) is 66.9 Å². The molecule has 0 fully saturated rings. The molecule has 2 rings (SSSR count). The molecule has 1 amide bonds. The van der Waals surface area contributed by atoms with E-state index >= 15 is 0 Å². The van der Waals surface area contributed by atoms with Crippen molar-refractivity contribution in [2.75, 3.05) is 11.9 Å². The number of hydrogen-bond acceptors (Lipinski definition) is 4. The summed E-state index contributed by atoms with van der Waals surface area (Å²) in [7, 11) is 0. The molecule has 5 nitrogen and oxygen atoms in total. The van der Waals surface area contributed by atoms with Gasteiger partial charge in [-0.15, -0.1) is 0 Å². The standard InChI is InChI=1S/C18H24N4O/c1-5-10-19-17(23)15-11-21-16(12-20-15)22-14-9-7-6-8-13(14)18(2,3)4/h6-9,11-12H,5,10H2,1-4H3,(H,19,23)(H,21,22). The third kappa shape index (κ3) is 4.52. The number of nitrogens with zero attached hydrogens (tertiary/aromatic N) is 2. The van der Waals surface area contributed by atoms with Crippen LogP contribution in [0.5, 0.6) is 0 Å². The average molecular weight is 312 g/mol. The molecule has 0 bridgehead atoms. The summed E-state index contributed by atoms with van der Waals surface area (Å²) < 4.78 is 0. The highest BCUT2D eigenvalue weighted by molar-refractivity contribution is 5.92. The van der Waals surface area contributed by atoms with Gasteiger partial charge in [-0.05, 0) is 23.5 Å². The predicted molar refractivity (Wildman–Crippen MR) is 93.1 cm³/mol. The highest BCUT2D eigenvalue weighted by Gasteiger charge is 2.17. The summed E-state index contributed by atoms with van der Waals surface area (Å²) in [6.07, 6.45) is 3.97. The van der Waals surface area contributed by atoms with Crippen LogP contribution in [0, 0.1) is 0 Å². The van der Waals surface area contributed by atoms with Crippen LogP contribution in [0.3, 0.4) is 0 Å². The molecule has 0 spiro atoms. The first kappa shape index (κ1) is 16.9. The zero-order valence-corrected chi connectivity index (χ0v) is 14.2. The summed E-state index contributed by atoms with van der Waals surface area (Å²) >= 11 is 0. The van der Waals surface area contributed by atoms with Crippen molar-refractivity contribution >= 4 is 17.4 Å². The van der Waals surface area contributed by atoms with E-state index < -0.39 is 0 Å². The number of benzene rings is 1. The third-order valence-corrected chi connectivity index (χ3v) is 3.42. The molecule has 0 atom stereocenters. The van der Waals surface area contributed by atoms with Gasteiger partial charge in [0.15, 0.2) is 0 Å². The van der Waals surface area contributed by atoms with Gasteiger partial charge in [0, 0.05) is 12.2 Å². The molecule has 0 radical (unpaired) electrons. The fourth-order valence-corrected chi connectivity index (χ4v) is 2.22. The zero-order valence-electron chi connectivity index (χ0n) is 14.2. The van der Waals surface area contributed by atoms with Crippen molar-refractivity contribution < 1.29 is 4.79 Å². The minimum atomic E-state index is -0.194. The largest absolute Gasteiger partial charge is 0.351 e. The van der Waals surface area contributed by atoms with Crippen LogP contribution in [0.1, 0.15) is 50.2 Å². The van der Waals surface area contributed by atoms with E-state index in [0.29, 0.717) is 18.1 Å². The average Bonchev–Trinajstić information content (AvgIpc) is 2.53. The van der Waals surface area contributed by atoms with Gasteiger partial charge >= 0.3 is 0 Å². The van der Waals surface area contributed by atoms with Crippen molar-refractivity contribution in [2.24, 2.45) is 0 Å². The maximum Gasteiger partial charge on any atom is 0.271 e. The van der Waals surface area contributed by atoms with Gasteiger partial charge in [-0.25, -0.2) is 9.97 Å². The van der Waals surface area contributed by atoms with Gasteiger partial charge in [0.05, 0.1) is 12.4 Å². The molecular weight excluding hydrogens is 288 g/mol. The Kier molecular flexibility index (Phi) is 5.32. The second-order valence-electron chi connectivity index (χ2n) is 6.46. The van der Waals surface area contributed by atoms with E-state index in [1.54, 1.807) is 6.20 Å². The molecule has 5 heteroatoms. The summed E-state index contributed by atoms with van der Waals surface area (Å²) in [5.74, 6) is 0.426. The Bertz CT molecular complexity index is 659. The number of carbonyl (C=O) groups is 1. The van der Waals surface area contributed by atoms with Crippen molar-refractivity contribution in [3.63, 3.8) is 0 Å². The Labute approximate surface area is 137 Å². The van der Waals surface area contributed by atoms with E-state index in [-0.39, 0.29) is 11.3 Å². The zero-order chi connectivity index (χ0) is 16.9. The highest BCUT2D eigenvalue weighted by Crippen LogP contribution is 2.30. The third-order valence-electron chi connectivity index (χ3n) is 3.42. The number of aromatic nitrogens is 2. The number of para-hydroxylation sites is 1. The Morgan fingerprint density at radius 2 is 1.87 bits per heavy atom. The minimum Gasteiger partial charge on any atom is -0.351 e. The molecule has 1 heterocycles. The number of nitrogens with one attached hydrogen (secondary N) is 2. The second-order valence-corrected chi connectivity index (χ2v) is 6.46. The molecule has 0 saturated carbocycles. The summed E-state index contributed by atoms with van der Waals surface area (Å²) in [6.45, 7) is 9.15. The molecule has 122 valence electrons. The number of rotatable bonds is 5. The molecule has 0 unspecified atom stereocenters. The monoisotopic (exact) mass is 312 g/mol. The number of amides is 1. The SMILES string of the molecule is CCCNC(=O)c1cnc(Nc2ccccc2C(C)(C)C)cn1. The molecule has 0 saturated heterocycles. The van der Waals surface area contributed by atoms with Gasteiger partial charge < -0.3 is 10.6 Å². The maximum atomic E-state index is 11.8. The lowest BCUT2D eigenvalue weighted by Gasteiger charge is -2.23. The molecule has 0 aliphatic rings. The van der Waals surface area contributed by atoms with Crippen LogP contribution in [0.25, 0.3) is 0 Å². The normalized spacial score (nSPS) is 11.1. The second kappa shape index (κ2) is 7.22. The smallest absolute Gasteiger partial charge is 0.271 e. The first-order valence-corrected chi connectivity index (χ1v) is 7.88. The van der Waals surface area contributed by atoms with E-state index in [4.69, 9.17) is 0 Å². The van der Waals surface area contributed by atoms with Crippen LogP contribution < -0.4 is 10.6 Å². The lowest BCUT2D eigenvalue weighted by molar-refractivity contribution is 0.0948. The van der Waals surface area contributed by atoms with Gasteiger partial charge in [0.2, 0.25) is 0 Å². The molecule has 2 aromatic rings. The lowest BCUT2D eigenvalue weighted by Crippen LogP contribution is -2.25. The minimum absolute atomic E-state index is 0.0248. The molecule has 2 N–H and O–H groups in total. The van der Waals surface area contributed by atoms with Crippen molar-refractivity contribution in [2.45, 2.75) is 39.5 Å². The van der Waals surface area contributed by atoms with Crippen molar-refractivity contribution in [1.82, 2.24) is 15.3 Å². The van der Waals surface area contributed by atoms with Crippen LogP contribution in [0.4, 0.5) is 11.5 Å². The lowest BCUT2D eigenvalue weighted by atomic mass is 9.86. The fraction of sp³-hybridized carbons (Fsp3) is 0.389. The Morgan fingerprint density at radius 3 is 2.48 bits per heavy atom. The summed E-state index contributed by atoms with van der Waals surface area (Å²) in [6, 6.07) is 8.13. The maximum absolute atomic E-state index is 11.8. The Morgan fingerprint density at radius 1 is 1.13 bits per heavy atom. The molecule has 1 aromatic carbocycles. The summed E-state index contributed by atoms with van der Waals surface area (Å²) in [4.78, 5) is 20.3. The van der Waals surface area contributed by atoms with Crippen LogP contribution in [-0.4, -0.2) is 22.4 Å². The molecule has 0 aliphatic carbocycles. The predicted octanol–water partition coefficient (Wildman–Crippen LogP) is 3.66. The molecule has 1 aromatic heterocycles. The van der Waals surface area contributed by atoms with Gasteiger partial charge in [-0.2, -0.15) is 0 Å². The van der Waals surface area contributed by atoms with Crippen LogP contribution >= 0.6 is 0 Å². The Hall–Kier alpha value is -2.43. The van der Waals surface area contributed by atoms with Crippen molar-refractivity contribution in [3.05, 3.63) is 47.9 Å². The summed E-state index contributed by atoms with van der Waals surface area (Å²) in [5.41, 5.74) is 2.55. The van der Waals surface area contributed by atoms with E-state index in [2.05, 4.69) is 47.4 Å². The van der Waals surface area contributed by atoms with Crippen LogP contribution in [-0.2, 0) is 5.41 Å². The molecule has 0 aliphatic heterocycles. The first-order valence-electron chi connectivity index (χ1n) is 7.88. The first-order chi connectivity index (χ1) is 10.9. The Balaban J connectivity index is 2.15. The van der Waals surface area contributed by atoms with Gasteiger partial charge in [-0.3, -0.25) is 4.79 Å². The molecular formula is C18H24N4O.